The summed E-state index contributed by atoms with van der Waals surface area (Å²) in [7, 11) is 2.01. The Morgan fingerprint density at radius 2 is 2.19 bits per heavy atom. The Balaban J connectivity index is 2.17. The maximum absolute atomic E-state index is 10.0. The first-order valence-electron chi connectivity index (χ1n) is 5.71. The van der Waals surface area contributed by atoms with E-state index in [-0.39, 0.29) is 12.1 Å². The summed E-state index contributed by atoms with van der Waals surface area (Å²) >= 11 is 3.50. The van der Waals surface area contributed by atoms with Gasteiger partial charge in [-0.1, -0.05) is 12.8 Å². The molecule has 1 aromatic heterocycles. The highest BCUT2D eigenvalue weighted by molar-refractivity contribution is 9.10. The molecule has 4 heteroatoms. The number of pyridine rings is 1. The van der Waals surface area contributed by atoms with Gasteiger partial charge < -0.3 is 10.0 Å². The molecular weight excluding hydrogens is 268 g/mol. The predicted octanol–water partition coefficient (Wildman–Crippen LogP) is 2.58. The molecule has 2 rings (SSSR count). The first-order chi connectivity index (χ1) is 7.70. The number of hydrogen-bond acceptors (Lipinski definition) is 3. The van der Waals surface area contributed by atoms with E-state index in [0.29, 0.717) is 0 Å². The van der Waals surface area contributed by atoms with Gasteiger partial charge in [0.25, 0.3) is 0 Å². The highest BCUT2D eigenvalue weighted by Gasteiger charge is 2.27. The second-order valence-corrected chi connectivity index (χ2v) is 5.19. The first-order valence-corrected chi connectivity index (χ1v) is 6.51. The molecule has 1 saturated carbocycles. The Labute approximate surface area is 105 Å². The highest BCUT2D eigenvalue weighted by atomic mass is 79.9. The van der Waals surface area contributed by atoms with Crippen molar-refractivity contribution >= 4 is 21.7 Å². The van der Waals surface area contributed by atoms with Gasteiger partial charge in [0, 0.05) is 13.2 Å². The molecule has 3 nitrogen and oxygen atoms in total. The van der Waals surface area contributed by atoms with Gasteiger partial charge in [-0.15, -0.1) is 0 Å². The Bertz CT molecular complexity index is 359. The lowest BCUT2D eigenvalue weighted by atomic mass is 9.91. The molecule has 2 atom stereocenters. The van der Waals surface area contributed by atoms with Gasteiger partial charge in [-0.2, -0.15) is 0 Å². The molecule has 0 radical (unpaired) electrons. The molecule has 1 aliphatic carbocycles. The first kappa shape index (κ1) is 11.9. The maximum Gasteiger partial charge on any atom is 0.142 e. The van der Waals surface area contributed by atoms with Crippen LogP contribution in [0.3, 0.4) is 0 Å². The van der Waals surface area contributed by atoms with Crippen LogP contribution >= 0.6 is 15.9 Å². The largest absolute Gasteiger partial charge is 0.391 e. The molecule has 88 valence electrons. The van der Waals surface area contributed by atoms with Crippen LogP contribution in [0.2, 0.25) is 0 Å². The van der Waals surface area contributed by atoms with E-state index in [1.165, 1.54) is 6.42 Å². The van der Waals surface area contributed by atoms with E-state index in [2.05, 4.69) is 25.8 Å². The smallest absolute Gasteiger partial charge is 0.142 e. The third kappa shape index (κ3) is 2.38. The molecule has 16 heavy (non-hydrogen) atoms. The fraction of sp³-hybridized carbons (Fsp3) is 0.583. The van der Waals surface area contributed by atoms with Crippen molar-refractivity contribution in [3.8, 4) is 0 Å². The van der Waals surface area contributed by atoms with Gasteiger partial charge in [-0.3, -0.25) is 0 Å². The van der Waals surface area contributed by atoms with Crippen molar-refractivity contribution < 1.29 is 5.11 Å². The summed E-state index contributed by atoms with van der Waals surface area (Å²) < 4.78 is 0.982. The van der Waals surface area contributed by atoms with Crippen LogP contribution in [-0.2, 0) is 0 Å². The summed E-state index contributed by atoms with van der Waals surface area (Å²) in [5, 5.41) is 10.0. The van der Waals surface area contributed by atoms with Gasteiger partial charge in [0.2, 0.25) is 0 Å². The molecule has 2 unspecified atom stereocenters. The maximum atomic E-state index is 10.0. The van der Waals surface area contributed by atoms with Gasteiger partial charge in [0.05, 0.1) is 16.6 Å². The molecule has 0 aromatic carbocycles. The molecule has 1 fully saturated rings. The monoisotopic (exact) mass is 284 g/mol. The molecule has 1 aliphatic rings. The SMILES string of the molecule is CN(c1ncccc1Br)C1CCCCC1O. The number of nitrogens with zero attached hydrogens (tertiary/aromatic N) is 2. The van der Waals surface area contributed by atoms with Crippen LogP contribution in [0.25, 0.3) is 0 Å². The van der Waals surface area contributed by atoms with Crippen LogP contribution in [0.4, 0.5) is 5.82 Å². The van der Waals surface area contributed by atoms with E-state index in [1.54, 1.807) is 6.20 Å². The summed E-state index contributed by atoms with van der Waals surface area (Å²) in [5.74, 6) is 0.911. The van der Waals surface area contributed by atoms with Crippen molar-refractivity contribution in [1.82, 2.24) is 4.98 Å². The van der Waals surface area contributed by atoms with E-state index >= 15 is 0 Å². The molecule has 0 spiro atoms. The molecule has 1 heterocycles. The Morgan fingerprint density at radius 1 is 1.44 bits per heavy atom. The lowest BCUT2D eigenvalue weighted by molar-refractivity contribution is 0.106. The number of anilines is 1. The second kappa shape index (κ2) is 5.15. The minimum absolute atomic E-state index is 0.194. The standard InChI is InChI=1S/C12H17BrN2O/c1-15(10-6-2-3-7-11(10)16)12-9(13)5-4-8-14-12/h4-5,8,10-11,16H,2-3,6-7H2,1H3. The third-order valence-corrected chi connectivity index (χ3v) is 3.88. The average Bonchev–Trinajstić information content (AvgIpc) is 2.29. The quantitative estimate of drug-likeness (QED) is 0.907. The minimum atomic E-state index is -0.229. The molecule has 0 amide bonds. The highest BCUT2D eigenvalue weighted by Crippen LogP contribution is 2.29. The zero-order valence-corrected chi connectivity index (χ0v) is 11.0. The summed E-state index contributed by atoms with van der Waals surface area (Å²) in [4.78, 5) is 6.45. The molecule has 1 N–H and O–H groups in total. The van der Waals surface area contributed by atoms with Crippen molar-refractivity contribution in [1.29, 1.82) is 0 Å². The van der Waals surface area contributed by atoms with Gasteiger partial charge in [0.1, 0.15) is 5.82 Å². The number of aromatic nitrogens is 1. The average molecular weight is 285 g/mol. The molecule has 0 bridgehead atoms. The van der Waals surface area contributed by atoms with Crippen LogP contribution < -0.4 is 4.90 Å². The summed E-state index contributed by atoms with van der Waals surface area (Å²) in [6, 6.07) is 4.08. The predicted molar refractivity (Wildman–Crippen MR) is 68.6 cm³/mol. The number of rotatable bonds is 2. The van der Waals surface area contributed by atoms with E-state index < -0.39 is 0 Å². The number of aliphatic hydroxyl groups is 1. The van der Waals surface area contributed by atoms with Crippen LogP contribution in [0.15, 0.2) is 22.8 Å². The van der Waals surface area contributed by atoms with Crippen LogP contribution in [0.1, 0.15) is 25.7 Å². The van der Waals surface area contributed by atoms with Crippen molar-refractivity contribution in [2.24, 2.45) is 0 Å². The number of hydrogen-bond donors (Lipinski definition) is 1. The number of aliphatic hydroxyl groups excluding tert-OH is 1. The van der Waals surface area contributed by atoms with E-state index in [1.807, 2.05) is 19.2 Å². The molecule has 0 saturated heterocycles. The van der Waals surface area contributed by atoms with E-state index in [4.69, 9.17) is 0 Å². The molecule has 1 aromatic rings. The fourth-order valence-corrected chi connectivity index (χ4v) is 2.87. The fourth-order valence-electron chi connectivity index (χ4n) is 2.34. The van der Waals surface area contributed by atoms with E-state index in [9.17, 15) is 5.11 Å². The second-order valence-electron chi connectivity index (χ2n) is 4.34. The Hall–Kier alpha value is -0.610. The summed E-state index contributed by atoms with van der Waals surface area (Å²) in [5.41, 5.74) is 0. The Kier molecular flexibility index (Phi) is 3.82. The Morgan fingerprint density at radius 3 is 2.88 bits per heavy atom. The molecular formula is C12H17BrN2O. The molecule has 0 aliphatic heterocycles. The number of likely N-dealkylation sites (N-methyl/N-ethyl adjacent to an activating group) is 1. The van der Waals surface area contributed by atoms with Crippen molar-refractivity contribution in [2.75, 3.05) is 11.9 Å². The van der Waals surface area contributed by atoms with Crippen LogP contribution in [-0.4, -0.2) is 29.3 Å². The zero-order chi connectivity index (χ0) is 11.5. The minimum Gasteiger partial charge on any atom is -0.391 e. The lowest BCUT2D eigenvalue weighted by Gasteiger charge is -2.36. The van der Waals surface area contributed by atoms with Gasteiger partial charge >= 0.3 is 0 Å². The number of halogens is 1. The summed E-state index contributed by atoms with van der Waals surface area (Å²) in [6.45, 7) is 0. The lowest BCUT2D eigenvalue weighted by Crippen LogP contribution is -2.43. The van der Waals surface area contributed by atoms with Crippen molar-refractivity contribution in [3.63, 3.8) is 0 Å². The van der Waals surface area contributed by atoms with Crippen LogP contribution in [0.5, 0.6) is 0 Å². The van der Waals surface area contributed by atoms with Gasteiger partial charge in [-0.25, -0.2) is 4.98 Å². The normalized spacial score (nSPS) is 25.4. The van der Waals surface area contributed by atoms with Crippen LogP contribution in [0, 0.1) is 0 Å². The third-order valence-electron chi connectivity index (χ3n) is 3.26. The zero-order valence-electron chi connectivity index (χ0n) is 9.43. The van der Waals surface area contributed by atoms with Crippen molar-refractivity contribution in [2.45, 2.75) is 37.8 Å². The van der Waals surface area contributed by atoms with Gasteiger partial charge in [0.15, 0.2) is 0 Å². The summed E-state index contributed by atoms with van der Waals surface area (Å²) in [6.07, 6.45) is 5.82. The van der Waals surface area contributed by atoms with Gasteiger partial charge in [-0.05, 0) is 40.9 Å². The van der Waals surface area contributed by atoms with E-state index in [0.717, 1.165) is 29.6 Å². The topological polar surface area (TPSA) is 36.4 Å². The van der Waals surface area contributed by atoms with Crippen molar-refractivity contribution in [3.05, 3.63) is 22.8 Å².